The summed E-state index contributed by atoms with van der Waals surface area (Å²) in [6, 6.07) is 10.5. The van der Waals surface area contributed by atoms with Gasteiger partial charge in [0.05, 0.1) is 6.61 Å². The molecule has 0 saturated heterocycles. The number of benzene rings is 1. The van der Waals surface area contributed by atoms with Crippen LogP contribution < -0.4 is 10.6 Å². The molecule has 1 aromatic carbocycles. The number of nitrogens with zero attached hydrogens (tertiary/aromatic N) is 1. The van der Waals surface area contributed by atoms with Gasteiger partial charge in [0.25, 0.3) is 0 Å². The Balaban J connectivity index is 2.24. The van der Waals surface area contributed by atoms with Gasteiger partial charge in [-0.15, -0.1) is 0 Å². The summed E-state index contributed by atoms with van der Waals surface area (Å²) < 4.78 is 5.30. The first kappa shape index (κ1) is 16.5. The van der Waals surface area contributed by atoms with Crippen molar-refractivity contribution in [1.82, 2.24) is 10.6 Å². The Labute approximate surface area is 122 Å². The van der Waals surface area contributed by atoms with Gasteiger partial charge in [0.15, 0.2) is 5.96 Å². The molecular weight excluding hydrogens is 250 g/mol. The van der Waals surface area contributed by atoms with Crippen LogP contribution in [0.1, 0.15) is 25.8 Å². The van der Waals surface area contributed by atoms with Gasteiger partial charge in [-0.1, -0.05) is 30.3 Å². The molecule has 0 aliphatic carbocycles. The predicted octanol–water partition coefficient (Wildman–Crippen LogP) is 2.21. The Hall–Kier alpha value is -1.55. The average molecular weight is 277 g/mol. The van der Waals surface area contributed by atoms with Crippen LogP contribution in [0, 0.1) is 0 Å². The van der Waals surface area contributed by atoms with Gasteiger partial charge in [0, 0.05) is 26.2 Å². The van der Waals surface area contributed by atoms with Crippen molar-refractivity contribution in [3.8, 4) is 0 Å². The zero-order chi connectivity index (χ0) is 14.5. The van der Waals surface area contributed by atoms with Gasteiger partial charge in [0.1, 0.15) is 0 Å². The van der Waals surface area contributed by atoms with E-state index < -0.39 is 0 Å². The van der Waals surface area contributed by atoms with E-state index in [4.69, 9.17) is 4.74 Å². The molecule has 0 unspecified atom stereocenters. The lowest BCUT2D eigenvalue weighted by atomic mass is 10.1. The minimum Gasteiger partial charge on any atom is -0.380 e. The lowest BCUT2D eigenvalue weighted by molar-refractivity contribution is 0.152. The van der Waals surface area contributed by atoms with Crippen molar-refractivity contribution in [3.05, 3.63) is 35.9 Å². The summed E-state index contributed by atoms with van der Waals surface area (Å²) >= 11 is 0. The summed E-state index contributed by atoms with van der Waals surface area (Å²) in [5, 5.41) is 6.51. The highest BCUT2D eigenvalue weighted by atomic mass is 16.5. The summed E-state index contributed by atoms with van der Waals surface area (Å²) in [6.07, 6.45) is 2.13. The van der Waals surface area contributed by atoms with Crippen LogP contribution in [0.3, 0.4) is 0 Å². The molecule has 0 fully saturated rings. The Morgan fingerprint density at radius 2 is 1.95 bits per heavy atom. The van der Waals surface area contributed by atoms with Gasteiger partial charge in [-0.25, -0.2) is 0 Å². The zero-order valence-corrected chi connectivity index (χ0v) is 12.7. The minimum atomic E-state index is 0.713. The molecule has 4 nitrogen and oxygen atoms in total. The maximum absolute atomic E-state index is 5.30. The molecular formula is C16H27N3O. The van der Waals surface area contributed by atoms with Gasteiger partial charge in [-0.3, -0.25) is 4.99 Å². The SMILES string of the molecule is CCNC(=NCCCc1ccccc1)NCCOCC. The van der Waals surface area contributed by atoms with Crippen molar-refractivity contribution in [2.75, 3.05) is 32.8 Å². The van der Waals surface area contributed by atoms with E-state index >= 15 is 0 Å². The van der Waals surface area contributed by atoms with Gasteiger partial charge in [0.2, 0.25) is 0 Å². The number of aliphatic imine (C=N–C) groups is 1. The molecule has 1 rings (SSSR count). The van der Waals surface area contributed by atoms with Crippen LogP contribution in [0.15, 0.2) is 35.3 Å². The van der Waals surface area contributed by atoms with Crippen LogP contribution in [0.5, 0.6) is 0 Å². The molecule has 0 amide bonds. The van der Waals surface area contributed by atoms with Crippen molar-refractivity contribution in [2.45, 2.75) is 26.7 Å². The molecule has 0 spiro atoms. The van der Waals surface area contributed by atoms with Crippen LogP contribution in [0.25, 0.3) is 0 Å². The maximum Gasteiger partial charge on any atom is 0.191 e. The number of aryl methyl sites for hydroxylation is 1. The number of hydrogen-bond acceptors (Lipinski definition) is 2. The van der Waals surface area contributed by atoms with E-state index in [-0.39, 0.29) is 0 Å². The first-order valence-electron chi connectivity index (χ1n) is 7.50. The highest BCUT2D eigenvalue weighted by Crippen LogP contribution is 2.02. The summed E-state index contributed by atoms with van der Waals surface area (Å²) in [4.78, 5) is 4.57. The van der Waals surface area contributed by atoms with E-state index in [2.05, 4.69) is 46.8 Å². The van der Waals surface area contributed by atoms with Crippen LogP contribution in [0.4, 0.5) is 0 Å². The third-order valence-electron chi connectivity index (χ3n) is 2.82. The van der Waals surface area contributed by atoms with Gasteiger partial charge in [-0.05, 0) is 32.3 Å². The second-order valence-electron chi connectivity index (χ2n) is 4.47. The molecule has 0 heterocycles. The molecule has 0 radical (unpaired) electrons. The fourth-order valence-electron chi connectivity index (χ4n) is 1.85. The van der Waals surface area contributed by atoms with Gasteiger partial charge >= 0.3 is 0 Å². The Morgan fingerprint density at radius 3 is 2.65 bits per heavy atom. The van der Waals surface area contributed by atoms with Crippen molar-refractivity contribution in [1.29, 1.82) is 0 Å². The highest BCUT2D eigenvalue weighted by Gasteiger charge is 1.96. The molecule has 0 saturated carbocycles. The lowest BCUT2D eigenvalue weighted by Crippen LogP contribution is -2.39. The Kier molecular flexibility index (Phi) is 9.32. The quantitative estimate of drug-likeness (QED) is 0.413. The Morgan fingerprint density at radius 1 is 1.15 bits per heavy atom. The van der Waals surface area contributed by atoms with Crippen molar-refractivity contribution >= 4 is 5.96 Å². The largest absolute Gasteiger partial charge is 0.380 e. The van der Waals surface area contributed by atoms with Crippen molar-refractivity contribution in [2.24, 2.45) is 4.99 Å². The topological polar surface area (TPSA) is 45.7 Å². The fourth-order valence-corrected chi connectivity index (χ4v) is 1.85. The number of nitrogens with one attached hydrogen (secondary N) is 2. The summed E-state index contributed by atoms with van der Waals surface area (Å²) in [7, 11) is 0. The molecule has 0 atom stereocenters. The molecule has 20 heavy (non-hydrogen) atoms. The molecule has 0 aromatic heterocycles. The summed E-state index contributed by atoms with van der Waals surface area (Å²) in [5.41, 5.74) is 1.37. The van der Waals surface area contributed by atoms with Crippen molar-refractivity contribution < 1.29 is 4.74 Å². The summed E-state index contributed by atoms with van der Waals surface area (Å²) in [6.45, 7) is 8.04. The standard InChI is InChI=1S/C16H27N3O/c1-3-17-16(19-13-14-20-4-2)18-12-8-11-15-9-6-5-7-10-15/h5-7,9-10H,3-4,8,11-14H2,1-2H3,(H2,17,18,19). The molecule has 112 valence electrons. The molecule has 1 aromatic rings. The van der Waals surface area contributed by atoms with Gasteiger partial charge < -0.3 is 15.4 Å². The number of guanidine groups is 1. The molecule has 2 N–H and O–H groups in total. The maximum atomic E-state index is 5.30. The Bertz CT molecular complexity index is 365. The van der Waals surface area contributed by atoms with E-state index in [0.29, 0.717) is 6.61 Å². The smallest absolute Gasteiger partial charge is 0.191 e. The second kappa shape index (κ2) is 11.3. The third-order valence-corrected chi connectivity index (χ3v) is 2.82. The normalized spacial score (nSPS) is 11.4. The first-order valence-corrected chi connectivity index (χ1v) is 7.50. The van der Waals surface area contributed by atoms with Gasteiger partial charge in [-0.2, -0.15) is 0 Å². The number of hydrogen-bond donors (Lipinski definition) is 2. The van der Waals surface area contributed by atoms with Crippen LogP contribution in [-0.4, -0.2) is 38.8 Å². The van der Waals surface area contributed by atoms with E-state index in [1.807, 2.05) is 13.0 Å². The molecule has 0 bridgehead atoms. The molecule has 0 aliphatic rings. The predicted molar refractivity (Wildman–Crippen MR) is 85.2 cm³/mol. The summed E-state index contributed by atoms with van der Waals surface area (Å²) in [5.74, 6) is 0.875. The zero-order valence-electron chi connectivity index (χ0n) is 12.7. The average Bonchev–Trinajstić information content (AvgIpc) is 2.49. The van der Waals surface area contributed by atoms with E-state index in [9.17, 15) is 0 Å². The first-order chi connectivity index (χ1) is 9.86. The second-order valence-corrected chi connectivity index (χ2v) is 4.47. The monoisotopic (exact) mass is 277 g/mol. The lowest BCUT2D eigenvalue weighted by Gasteiger charge is -2.11. The number of rotatable bonds is 9. The van der Waals surface area contributed by atoms with Crippen LogP contribution >= 0.6 is 0 Å². The van der Waals surface area contributed by atoms with E-state index in [0.717, 1.165) is 45.0 Å². The fraction of sp³-hybridized carbons (Fsp3) is 0.562. The number of ether oxygens (including phenoxy) is 1. The van der Waals surface area contributed by atoms with Crippen LogP contribution in [0.2, 0.25) is 0 Å². The minimum absolute atomic E-state index is 0.713. The van der Waals surface area contributed by atoms with E-state index in [1.54, 1.807) is 0 Å². The van der Waals surface area contributed by atoms with Crippen LogP contribution in [-0.2, 0) is 11.2 Å². The molecule has 0 aliphatic heterocycles. The van der Waals surface area contributed by atoms with Crippen molar-refractivity contribution in [3.63, 3.8) is 0 Å². The van der Waals surface area contributed by atoms with E-state index in [1.165, 1.54) is 5.56 Å². The molecule has 4 heteroatoms. The highest BCUT2D eigenvalue weighted by molar-refractivity contribution is 5.79. The third kappa shape index (κ3) is 7.79.